The third-order valence-corrected chi connectivity index (χ3v) is 10.4. The maximum Gasteiger partial charge on any atom is 0.247 e. The van der Waals surface area contributed by atoms with Gasteiger partial charge in [-0.25, -0.2) is 9.36 Å². The molecule has 63 heavy (non-hydrogen) atoms. The molecule has 6 N–H and O–H groups in total. The number of halogens is 1. The summed E-state index contributed by atoms with van der Waals surface area (Å²) in [4.78, 5) is 53.6. The van der Waals surface area contributed by atoms with Crippen molar-refractivity contribution in [3.8, 4) is 12.3 Å². The van der Waals surface area contributed by atoms with E-state index in [0.717, 1.165) is 12.1 Å². The van der Waals surface area contributed by atoms with Crippen LogP contribution in [-0.4, -0.2) is 189 Å². The van der Waals surface area contributed by atoms with E-state index in [-0.39, 0.29) is 49.3 Å². The number of nitrogens with zero attached hydrogens (tertiary/aromatic N) is 14. The van der Waals surface area contributed by atoms with E-state index in [1.165, 1.54) is 4.68 Å². The Labute approximate surface area is 374 Å². The monoisotopic (exact) mass is 901 g/mol. The Morgan fingerprint density at radius 2 is 1.49 bits per heavy atom. The van der Waals surface area contributed by atoms with E-state index in [1.807, 2.05) is 16.0 Å². The fraction of sp³-hybridized carbons (Fsp3) is 0.692. The van der Waals surface area contributed by atoms with Crippen LogP contribution >= 0.6 is 12.4 Å². The molecule has 2 aliphatic heterocycles. The van der Waals surface area contributed by atoms with Crippen LogP contribution in [0.1, 0.15) is 51.0 Å². The normalized spacial score (nSPS) is 15.6. The van der Waals surface area contributed by atoms with Gasteiger partial charge in [-0.3, -0.25) is 14.6 Å². The summed E-state index contributed by atoms with van der Waals surface area (Å²) >= 11 is 0. The Hall–Kier alpha value is -5.41. The van der Waals surface area contributed by atoms with Crippen molar-refractivity contribution < 1.29 is 28.9 Å². The van der Waals surface area contributed by atoms with Crippen LogP contribution in [-0.2, 0) is 43.2 Å². The molecule has 1 unspecified atom stereocenters. The second kappa shape index (κ2) is 26.3. The Kier molecular flexibility index (Phi) is 20.9. The smallest absolute Gasteiger partial charge is 0.247 e. The highest BCUT2D eigenvalue weighted by Gasteiger charge is 2.34. The number of carbonyl (C=O) groups excluding carboxylic acids is 2. The Morgan fingerprint density at radius 3 is 2.11 bits per heavy atom. The molecule has 0 spiro atoms. The van der Waals surface area contributed by atoms with Crippen molar-refractivity contribution in [3.05, 3.63) is 23.8 Å². The number of guanidine groups is 1. The number of carbonyl (C=O) groups is 2. The summed E-state index contributed by atoms with van der Waals surface area (Å²) in [5.74, 6) is 3.78. The van der Waals surface area contributed by atoms with Crippen molar-refractivity contribution in [1.82, 2.24) is 54.7 Å². The average molecular weight is 903 g/mol. The molecule has 0 aliphatic carbocycles. The van der Waals surface area contributed by atoms with Crippen LogP contribution in [0, 0.1) is 18.3 Å². The van der Waals surface area contributed by atoms with Crippen LogP contribution in [0.2, 0.25) is 0 Å². The van der Waals surface area contributed by atoms with Gasteiger partial charge in [-0.1, -0.05) is 36.6 Å². The number of nitrogens with one attached hydrogen (secondary N) is 1. The maximum atomic E-state index is 14.1. The van der Waals surface area contributed by atoms with Crippen molar-refractivity contribution in [2.45, 2.75) is 65.1 Å². The SMILES string of the molecule is C#CCOCCOCCOCCNc1nc(N2CCN(C(=O)Cn3cc(CC(C)O)nn3)CC2)nc(N2CCN(C(=O)[C@H]([C@@H](C)CC)n3cc(CCCN=C(N)N)nn3)CC2)n1.Cl. The van der Waals surface area contributed by atoms with E-state index in [2.05, 4.69) is 55.6 Å². The quantitative estimate of drug-likeness (QED) is 0.0343. The Morgan fingerprint density at radius 1 is 0.873 bits per heavy atom. The molecule has 0 saturated carbocycles. The number of rotatable bonds is 25. The van der Waals surface area contributed by atoms with E-state index in [0.29, 0.717) is 141 Å². The summed E-state index contributed by atoms with van der Waals surface area (Å²) in [5, 5.41) is 29.8. The van der Waals surface area contributed by atoms with Crippen LogP contribution in [0.15, 0.2) is 17.4 Å². The highest BCUT2D eigenvalue weighted by molar-refractivity contribution is 5.85. The lowest BCUT2D eigenvalue weighted by molar-refractivity contribution is -0.137. The van der Waals surface area contributed by atoms with Crippen LogP contribution in [0.3, 0.4) is 0 Å². The summed E-state index contributed by atoms with van der Waals surface area (Å²) in [7, 11) is 0. The third-order valence-electron chi connectivity index (χ3n) is 10.4. The number of terminal acetylenes is 1. The van der Waals surface area contributed by atoms with Crippen molar-refractivity contribution in [3.63, 3.8) is 0 Å². The van der Waals surface area contributed by atoms with Gasteiger partial charge in [0.1, 0.15) is 19.2 Å². The van der Waals surface area contributed by atoms with Crippen LogP contribution < -0.4 is 26.6 Å². The fourth-order valence-corrected chi connectivity index (χ4v) is 6.91. The summed E-state index contributed by atoms with van der Waals surface area (Å²) in [6, 6.07) is -0.499. The van der Waals surface area contributed by atoms with Gasteiger partial charge < -0.3 is 55.7 Å². The first-order chi connectivity index (χ1) is 30.0. The van der Waals surface area contributed by atoms with Crippen molar-refractivity contribution in [2.24, 2.45) is 22.4 Å². The van der Waals surface area contributed by atoms with Gasteiger partial charge in [0.2, 0.25) is 29.7 Å². The van der Waals surface area contributed by atoms with Gasteiger partial charge in [-0.2, -0.15) is 15.0 Å². The standard InChI is InChI=1S/C39H63N17O6.ClH/c1-5-19-60-21-23-62-24-22-61-20-10-43-37-44-38(53-15-11-51(12-16-53)33(58)28-55-26-32(48-49-55)25-30(4)57)46-39(45-37)54-17-13-52(14-18-54)35(59)34(29(3)6-2)56-27-31(47-50-56)8-7-9-42-36(40)41;/h1,26-27,29-30,34,57H,6-25,28H2,2-4H3,(H4,40,41,42)(H,43,44,45,46);1H/t29-,30?,34-;/m0./s1. The van der Waals surface area contributed by atoms with E-state index >= 15 is 0 Å². The zero-order valence-electron chi connectivity index (χ0n) is 36.6. The van der Waals surface area contributed by atoms with Gasteiger partial charge in [0.25, 0.3) is 0 Å². The van der Waals surface area contributed by atoms with Crippen LogP contribution in [0.4, 0.5) is 17.8 Å². The molecule has 348 valence electrons. The molecular formula is C39H64ClN17O6. The van der Waals surface area contributed by atoms with Gasteiger partial charge >= 0.3 is 0 Å². The zero-order valence-corrected chi connectivity index (χ0v) is 37.4. The zero-order chi connectivity index (χ0) is 44.3. The predicted molar refractivity (Wildman–Crippen MR) is 237 cm³/mol. The lowest BCUT2D eigenvalue weighted by Crippen LogP contribution is -2.52. The van der Waals surface area contributed by atoms with E-state index in [9.17, 15) is 14.7 Å². The van der Waals surface area contributed by atoms with Gasteiger partial charge in [-0.15, -0.1) is 29.0 Å². The summed E-state index contributed by atoms with van der Waals surface area (Å²) in [6.07, 6.45) is 10.7. The number of ether oxygens (including phenoxy) is 3. The minimum Gasteiger partial charge on any atom is -0.393 e. The number of aryl methyl sites for hydroxylation is 1. The third kappa shape index (κ3) is 16.0. The van der Waals surface area contributed by atoms with E-state index < -0.39 is 12.1 Å². The second-order valence-corrected chi connectivity index (χ2v) is 15.2. The van der Waals surface area contributed by atoms with Gasteiger partial charge in [0, 0.05) is 84.3 Å². The molecule has 2 saturated heterocycles. The number of aliphatic hydroxyl groups excluding tert-OH is 1. The first-order valence-electron chi connectivity index (χ1n) is 21.3. The van der Waals surface area contributed by atoms with Crippen molar-refractivity contribution >= 4 is 48.0 Å². The molecule has 3 atom stereocenters. The number of amides is 2. The molecule has 0 bridgehead atoms. The number of aromatic nitrogens is 9. The summed E-state index contributed by atoms with van der Waals surface area (Å²) < 4.78 is 19.7. The molecule has 2 fully saturated rings. The van der Waals surface area contributed by atoms with Gasteiger partial charge in [-0.05, 0) is 25.7 Å². The fourth-order valence-electron chi connectivity index (χ4n) is 6.91. The number of anilines is 3. The molecule has 3 aromatic rings. The average Bonchev–Trinajstić information content (AvgIpc) is 3.93. The lowest BCUT2D eigenvalue weighted by Gasteiger charge is -2.38. The molecule has 3 aromatic heterocycles. The minimum atomic E-state index is -0.549. The molecule has 23 nitrogen and oxygen atoms in total. The lowest BCUT2D eigenvalue weighted by atomic mass is 9.97. The largest absolute Gasteiger partial charge is 0.393 e. The number of hydrogen-bond acceptors (Lipinski definition) is 17. The molecule has 24 heteroatoms. The van der Waals surface area contributed by atoms with E-state index in [1.54, 1.807) is 22.7 Å². The molecule has 0 aromatic carbocycles. The van der Waals surface area contributed by atoms with Crippen LogP contribution in [0.5, 0.6) is 0 Å². The number of piperazine rings is 2. The minimum absolute atomic E-state index is 0. The maximum absolute atomic E-state index is 14.1. The summed E-state index contributed by atoms with van der Waals surface area (Å²) in [6.45, 7) is 13.0. The van der Waals surface area contributed by atoms with E-state index in [4.69, 9.17) is 47.1 Å². The van der Waals surface area contributed by atoms with Crippen molar-refractivity contribution in [1.29, 1.82) is 0 Å². The first kappa shape index (κ1) is 50.2. The number of aliphatic imine (C=N–C) groups is 1. The highest BCUT2D eigenvalue weighted by Crippen LogP contribution is 2.25. The van der Waals surface area contributed by atoms with Gasteiger partial charge in [0.05, 0.1) is 50.5 Å². The molecular weight excluding hydrogens is 838 g/mol. The summed E-state index contributed by atoms with van der Waals surface area (Å²) in [5.41, 5.74) is 12.3. The topological polar surface area (TPSA) is 272 Å². The highest BCUT2D eigenvalue weighted by atomic mass is 35.5. The van der Waals surface area contributed by atoms with Gasteiger partial charge in [0.15, 0.2) is 5.96 Å². The molecule has 5 rings (SSSR count). The Balaban J connectivity index is 0.00000871. The number of aliphatic hydroxyl groups is 1. The van der Waals surface area contributed by atoms with Crippen LogP contribution in [0.25, 0.3) is 0 Å². The van der Waals surface area contributed by atoms with Crippen molar-refractivity contribution in [2.75, 3.05) is 120 Å². The predicted octanol–water partition coefficient (Wildman–Crippen LogP) is -1.01. The molecule has 2 amide bonds. The molecule has 0 radical (unpaired) electrons. The molecule has 5 heterocycles. The Bertz CT molecular complexity index is 1900. The number of hydrogen-bond donors (Lipinski definition) is 4. The second-order valence-electron chi connectivity index (χ2n) is 15.2. The number of nitrogens with two attached hydrogens (primary N) is 2. The molecule has 2 aliphatic rings. The first-order valence-corrected chi connectivity index (χ1v) is 21.3.